The van der Waals surface area contributed by atoms with E-state index in [9.17, 15) is 13.2 Å². The molecule has 1 amide bonds. The molecule has 0 radical (unpaired) electrons. The highest BCUT2D eigenvalue weighted by molar-refractivity contribution is 7.89. The molecule has 2 aromatic carbocycles. The number of amides is 1. The monoisotopic (exact) mass is 490 g/mol. The average molecular weight is 491 g/mol. The zero-order chi connectivity index (χ0) is 24.6. The smallest absolute Gasteiger partial charge is 0.244 e. The third-order valence-electron chi connectivity index (χ3n) is 5.36. The van der Waals surface area contributed by atoms with Crippen molar-refractivity contribution in [2.24, 2.45) is 0 Å². The molecular weight excluding hydrogens is 460 g/mol. The van der Waals surface area contributed by atoms with Gasteiger partial charge in [-0.1, -0.05) is 12.1 Å². The van der Waals surface area contributed by atoms with Gasteiger partial charge in [-0.2, -0.15) is 4.31 Å². The Morgan fingerprint density at radius 1 is 1.03 bits per heavy atom. The Kier molecular flexibility index (Phi) is 8.91. The van der Waals surface area contributed by atoms with E-state index >= 15 is 0 Å². The first kappa shape index (κ1) is 25.5. The Balaban J connectivity index is 1.53. The molecule has 0 aliphatic carbocycles. The molecule has 1 fully saturated rings. The Labute approximate surface area is 200 Å². The maximum atomic E-state index is 12.7. The van der Waals surface area contributed by atoms with Crippen molar-refractivity contribution in [1.82, 2.24) is 9.62 Å². The van der Waals surface area contributed by atoms with Gasteiger partial charge >= 0.3 is 0 Å². The van der Waals surface area contributed by atoms with Crippen LogP contribution in [0, 0.1) is 0 Å². The van der Waals surface area contributed by atoms with Gasteiger partial charge in [0.2, 0.25) is 21.7 Å². The molecule has 0 unspecified atom stereocenters. The van der Waals surface area contributed by atoms with E-state index in [-0.39, 0.29) is 10.8 Å². The SMILES string of the molecule is COc1cc(/C=C/C(=O)NCCc2ccc(S(=O)(=O)N3CCOCC3)cc2)cc(OC)c1OC. The Bertz CT molecular complexity index is 1080. The molecule has 10 heteroatoms. The second kappa shape index (κ2) is 11.9. The number of sulfonamides is 1. The molecule has 0 spiro atoms. The Hall–Kier alpha value is -3.08. The lowest BCUT2D eigenvalue weighted by Gasteiger charge is -2.26. The van der Waals surface area contributed by atoms with Crippen molar-refractivity contribution in [1.29, 1.82) is 0 Å². The van der Waals surface area contributed by atoms with Crippen LogP contribution in [-0.4, -0.2) is 72.8 Å². The number of ether oxygens (including phenoxy) is 4. The van der Waals surface area contributed by atoms with E-state index in [4.69, 9.17) is 18.9 Å². The summed E-state index contributed by atoms with van der Waals surface area (Å²) in [5.41, 5.74) is 1.65. The van der Waals surface area contributed by atoms with Crippen molar-refractivity contribution < 1.29 is 32.2 Å². The zero-order valence-corrected chi connectivity index (χ0v) is 20.4. The predicted molar refractivity (Wildman–Crippen MR) is 128 cm³/mol. The van der Waals surface area contributed by atoms with Crippen LogP contribution in [0.2, 0.25) is 0 Å². The third kappa shape index (κ3) is 6.28. The highest BCUT2D eigenvalue weighted by atomic mass is 32.2. The molecule has 1 aliphatic heterocycles. The number of carbonyl (C=O) groups excluding carboxylic acids is 1. The summed E-state index contributed by atoms with van der Waals surface area (Å²) in [5.74, 6) is 1.23. The standard InChI is InChI=1S/C24H30N2O7S/c1-30-21-16-19(17-22(31-2)24(21)32-3)6-9-23(27)25-11-10-18-4-7-20(8-5-18)34(28,29)26-12-14-33-15-13-26/h4-9,16-17H,10-15H2,1-3H3,(H,25,27)/b9-6+. The van der Waals surface area contributed by atoms with Gasteiger partial charge in [-0.25, -0.2) is 8.42 Å². The van der Waals surface area contributed by atoms with Crippen LogP contribution >= 0.6 is 0 Å². The number of carbonyl (C=O) groups is 1. The topological polar surface area (TPSA) is 103 Å². The molecule has 1 aliphatic rings. The fourth-order valence-corrected chi connectivity index (χ4v) is 4.93. The van der Waals surface area contributed by atoms with Crippen LogP contribution in [0.4, 0.5) is 0 Å². The van der Waals surface area contributed by atoms with E-state index in [1.165, 1.54) is 31.7 Å². The second-order valence-corrected chi connectivity index (χ2v) is 9.43. The molecule has 0 atom stereocenters. The van der Waals surface area contributed by atoms with Crippen molar-refractivity contribution >= 4 is 22.0 Å². The minimum absolute atomic E-state index is 0.250. The first-order valence-electron chi connectivity index (χ1n) is 10.8. The lowest BCUT2D eigenvalue weighted by Crippen LogP contribution is -2.40. The lowest BCUT2D eigenvalue weighted by molar-refractivity contribution is -0.116. The molecule has 3 rings (SSSR count). The molecule has 1 N–H and O–H groups in total. The minimum Gasteiger partial charge on any atom is -0.493 e. The van der Waals surface area contributed by atoms with E-state index in [0.717, 1.165) is 11.1 Å². The number of nitrogens with one attached hydrogen (secondary N) is 1. The van der Waals surface area contributed by atoms with E-state index in [1.54, 1.807) is 42.5 Å². The van der Waals surface area contributed by atoms with Gasteiger partial charge in [0, 0.05) is 25.7 Å². The summed E-state index contributed by atoms with van der Waals surface area (Å²) >= 11 is 0. The summed E-state index contributed by atoms with van der Waals surface area (Å²) < 4.78 is 48.0. The van der Waals surface area contributed by atoms with Crippen LogP contribution < -0.4 is 19.5 Å². The normalized spacial score (nSPS) is 14.7. The van der Waals surface area contributed by atoms with Crippen LogP contribution in [-0.2, 0) is 26.0 Å². The lowest BCUT2D eigenvalue weighted by atomic mass is 10.1. The van der Waals surface area contributed by atoms with Gasteiger partial charge < -0.3 is 24.3 Å². The highest BCUT2D eigenvalue weighted by Gasteiger charge is 2.26. The Morgan fingerprint density at radius 3 is 2.21 bits per heavy atom. The summed E-state index contributed by atoms with van der Waals surface area (Å²) in [6.07, 6.45) is 3.66. The molecule has 184 valence electrons. The van der Waals surface area contributed by atoms with E-state index in [2.05, 4.69) is 5.32 Å². The minimum atomic E-state index is -3.51. The second-order valence-electron chi connectivity index (χ2n) is 7.49. The first-order valence-corrected chi connectivity index (χ1v) is 12.3. The average Bonchev–Trinajstić information content (AvgIpc) is 2.87. The van der Waals surface area contributed by atoms with Gasteiger partial charge in [-0.15, -0.1) is 0 Å². The highest BCUT2D eigenvalue weighted by Crippen LogP contribution is 2.38. The molecule has 9 nitrogen and oxygen atoms in total. The molecule has 2 aromatic rings. The van der Waals surface area contributed by atoms with Gasteiger partial charge in [-0.3, -0.25) is 4.79 Å². The number of hydrogen-bond acceptors (Lipinski definition) is 7. The summed E-state index contributed by atoms with van der Waals surface area (Å²) in [6.45, 7) is 1.95. The number of nitrogens with zero attached hydrogens (tertiary/aromatic N) is 1. The third-order valence-corrected chi connectivity index (χ3v) is 7.27. The van der Waals surface area contributed by atoms with Crippen molar-refractivity contribution in [2.45, 2.75) is 11.3 Å². The number of hydrogen-bond donors (Lipinski definition) is 1. The number of morpholine rings is 1. The summed E-state index contributed by atoms with van der Waals surface area (Å²) in [7, 11) is 1.08. The van der Waals surface area contributed by atoms with E-state index in [0.29, 0.717) is 56.5 Å². The molecule has 34 heavy (non-hydrogen) atoms. The molecule has 0 aromatic heterocycles. The van der Waals surface area contributed by atoms with Crippen molar-refractivity contribution in [3.63, 3.8) is 0 Å². The van der Waals surface area contributed by atoms with Crippen LogP contribution in [0.5, 0.6) is 17.2 Å². The van der Waals surface area contributed by atoms with Gasteiger partial charge in [-0.05, 0) is 47.9 Å². The molecular formula is C24H30N2O7S. The summed E-state index contributed by atoms with van der Waals surface area (Å²) in [5, 5.41) is 2.82. The fraction of sp³-hybridized carbons (Fsp3) is 0.375. The van der Waals surface area contributed by atoms with E-state index in [1.807, 2.05) is 0 Å². The maximum Gasteiger partial charge on any atom is 0.244 e. The van der Waals surface area contributed by atoms with Crippen molar-refractivity contribution in [3.8, 4) is 17.2 Å². The fourth-order valence-electron chi connectivity index (χ4n) is 3.52. The van der Waals surface area contributed by atoms with Crippen molar-refractivity contribution in [2.75, 3.05) is 54.2 Å². The first-order chi connectivity index (χ1) is 16.4. The van der Waals surface area contributed by atoms with Crippen molar-refractivity contribution in [3.05, 3.63) is 53.6 Å². The van der Waals surface area contributed by atoms with Crippen LogP contribution in [0.1, 0.15) is 11.1 Å². The number of methoxy groups -OCH3 is 3. The van der Waals surface area contributed by atoms with E-state index < -0.39 is 10.0 Å². The summed E-state index contributed by atoms with van der Waals surface area (Å²) in [4.78, 5) is 12.5. The van der Waals surface area contributed by atoms with Crippen LogP contribution in [0.3, 0.4) is 0 Å². The molecule has 0 saturated carbocycles. The Morgan fingerprint density at radius 2 is 1.65 bits per heavy atom. The number of rotatable bonds is 10. The quantitative estimate of drug-likeness (QED) is 0.509. The van der Waals surface area contributed by atoms with Gasteiger partial charge in [0.25, 0.3) is 0 Å². The maximum absolute atomic E-state index is 12.7. The molecule has 0 bridgehead atoms. The zero-order valence-electron chi connectivity index (χ0n) is 19.6. The van der Waals surface area contributed by atoms with Crippen LogP contribution in [0.25, 0.3) is 6.08 Å². The molecule has 1 heterocycles. The largest absolute Gasteiger partial charge is 0.493 e. The number of benzene rings is 2. The molecule has 1 saturated heterocycles. The van der Waals surface area contributed by atoms with Gasteiger partial charge in [0.05, 0.1) is 39.4 Å². The van der Waals surface area contributed by atoms with Crippen LogP contribution in [0.15, 0.2) is 47.4 Å². The predicted octanol–water partition coefficient (Wildman–Crippen LogP) is 2.11. The van der Waals surface area contributed by atoms with Gasteiger partial charge in [0.15, 0.2) is 11.5 Å². The van der Waals surface area contributed by atoms with Gasteiger partial charge in [0.1, 0.15) is 0 Å². The summed E-state index contributed by atoms with van der Waals surface area (Å²) in [6, 6.07) is 10.2.